The van der Waals surface area contributed by atoms with Crippen LogP contribution in [-0.2, 0) is 9.47 Å². The van der Waals surface area contributed by atoms with Gasteiger partial charge in [0.1, 0.15) is 0 Å². The molecule has 0 aromatic heterocycles. The molecule has 1 heterocycles. The van der Waals surface area contributed by atoms with E-state index < -0.39 is 0 Å². The van der Waals surface area contributed by atoms with Crippen molar-refractivity contribution in [2.24, 2.45) is 0 Å². The van der Waals surface area contributed by atoms with Crippen molar-refractivity contribution in [3.63, 3.8) is 0 Å². The predicted molar refractivity (Wildman–Crippen MR) is 215 cm³/mol. The van der Waals surface area contributed by atoms with Gasteiger partial charge in [0.2, 0.25) is 0 Å². The molecule has 0 radical (unpaired) electrons. The Morgan fingerprint density at radius 3 is 1.21 bits per heavy atom. The molecule has 0 saturated carbocycles. The van der Waals surface area contributed by atoms with E-state index in [9.17, 15) is 0 Å². The quantitative estimate of drug-likeness (QED) is 0.0491. The van der Waals surface area contributed by atoms with Gasteiger partial charge in [0.25, 0.3) is 0 Å². The molecule has 1 aliphatic heterocycles. The van der Waals surface area contributed by atoms with Crippen molar-refractivity contribution in [2.75, 3.05) is 27.2 Å². The number of hydrogen-bond acceptors (Lipinski definition) is 3. The minimum Gasteiger partial charge on any atom is -0.347 e. The number of unbranched alkanes of at least 4 members (excludes halogenated alkanes) is 24. The van der Waals surface area contributed by atoms with Gasteiger partial charge in [-0.15, -0.1) is 0 Å². The Morgan fingerprint density at radius 1 is 0.511 bits per heavy atom. The highest BCUT2D eigenvalue weighted by atomic mass is 32.1. The molecule has 1 aliphatic rings. The van der Waals surface area contributed by atoms with E-state index in [-0.39, 0.29) is 25.4 Å². The second kappa shape index (κ2) is 35.5. The lowest BCUT2D eigenvalue weighted by atomic mass is 9.98. The summed E-state index contributed by atoms with van der Waals surface area (Å²) in [6.45, 7) is 6.45. The highest BCUT2D eigenvalue weighted by molar-refractivity contribution is 7.59. The second-order valence-electron chi connectivity index (χ2n) is 14.9. The van der Waals surface area contributed by atoms with Crippen molar-refractivity contribution in [2.45, 2.75) is 225 Å². The Morgan fingerprint density at radius 2 is 0.851 bits per heavy atom. The maximum Gasteiger partial charge on any atom is 0.168 e. The van der Waals surface area contributed by atoms with E-state index in [0.717, 1.165) is 32.4 Å². The van der Waals surface area contributed by atoms with Gasteiger partial charge >= 0.3 is 0 Å². The zero-order valence-electron chi connectivity index (χ0n) is 32.5. The fraction of sp³-hybridized carbons (Fsp3) is 0.907. The smallest absolute Gasteiger partial charge is 0.168 e. The third-order valence-electron chi connectivity index (χ3n) is 9.95. The van der Waals surface area contributed by atoms with E-state index in [2.05, 4.69) is 57.1 Å². The first kappa shape index (κ1) is 46.7. The van der Waals surface area contributed by atoms with E-state index in [4.69, 9.17) is 9.47 Å². The summed E-state index contributed by atoms with van der Waals surface area (Å²) in [6, 6.07) is 0. The van der Waals surface area contributed by atoms with Crippen LogP contribution < -0.4 is 0 Å². The summed E-state index contributed by atoms with van der Waals surface area (Å²) in [6.07, 6.45) is 51.2. The maximum atomic E-state index is 6.68. The highest BCUT2D eigenvalue weighted by Gasteiger charge is 2.40. The van der Waals surface area contributed by atoms with Crippen LogP contribution in [0.3, 0.4) is 0 Å². The second-order valence-corrected chi connectivity index (χ2v) is 14.9. The number of ether oxygens (including phenoxy) is 2. The third-order valence-corrected chi connectivity index (χ3v) is 9.95. The van der Waals surface area contributed by atoms with Crippen LogP contribution in [0.5, 0.6) is 0 Å². The van der Waals surface area contributed by atoms with Crippen LogP contribution in [0, 0.1) is 0 Å². The zero-order valence-corrected chi connectivity index (χ0v) is 33.5. The lowest BCUT2D eigenvalue weighted by molar-refractivity contribution is -0.180. The van der Waals surface area contributed by atoms with Crippen LogP contribution in [0.15, 0.2) is 24.3 Å². The normalized spacial score (nSPS) is 16.2. The van der Waals surface area contributed by atoms with E-state index in [1.165, 1.54) is 180 Å². The predicted octanol–water partition coefficient (Wildman–Crippen LogP) is 14.0. The zero-order chi connectivity index (χ0) is 33.2. The summed E-state index contributed by atoms with van der Waals surface area (Å²) in [4.78, 5) is 2.26. The number of nitrogens with zero attached hydrogens (tertiary/aromatic N) is 1. The Hall–Kier alpha value is -0.290. The van der Waals surface area contributed by atoms with Gasteiger partial charge in [-0.1, -0.05) is 154 Å². The average Bonchev–Trinajstić information content (AvgIpc) is 3.46. The Bertz CT molecular complexity index is 637. The Balaban J connectivity index is 0.0000212. The molecule has 1 fully saturated rings. The average molecular weight is 680 g/mol. The number of rotatable bonds is 35. The van der Waals surface area contributed by atoms with E-state index in [1.54, 1.807) is 0 Å². The summed E-state index contributed by atoms with van der Waals surface area (Å²) in [5, 5.41) is 0. The van der Waals surface area contributed by atoms with Crippen molar-refractivity contribution in [1.82, 2.24) is 4.90 Å². The molecule has 280 valence electrons. The molecule has 1 rings (SSSR count). The van der Waals surface area contributed by atoms with Gasteiger partial charge in [0.15, 0.2) is 5.79 Å². The molecule has 1 atom stereocenters. The highest BCUT2D eigenvalue weighted by Crippen LogP contribution is 2.35. The van der Waals surface area contributed by atoms with Crippen LogP contribution in [-0.4, -0.2) is 44.0 Å². The summed E-state index contributed by atoms with van der Waals surface area (Å²) in [7, 11) is 4.31. The van der Waals surface area contributed by atoms with Crippen LogP contribution in [0.1, 0.15) is 213 Å². The molecule has 0 aromatic rings. The number of hydrogen-bond donors (Lipinski definition) is 0. The standard InChI is InChI=1S/C43H83NO2.H2S/c1-5-7-9-11-13-15-17-19-21-23-25-27-29-31-33-35-38-43(45-41-42(46-43)37-40-44(3)4)39-36-34-32-30-28-26-24-22-20-18-16-14-12-10-8-6-2;/h19-22,42H,5-18,23-41H2,1-4H3;1H2/b21-19-,22-20-;/t42-;/m0./s1. The van der Waals surface area contributed by atoms with Gasteiger partial charge in [0, 0.05) is 19.4 Å². The molecule has 47 heavy (non-hydrogen) atoms. The molecule has 0 spiro atoms. The molecular formula is C43H85NO2S. The molecule has 4 heteroatoms. The first-order valence-electron chi connectivity index (χ1n) is 20.9. The summed E-state index contributed by atoms with van der Waals surface area (Å²) in [5.74, 6) is -0.307. The van der Waals surface area contributed by atoms with Gasteiger partial charge in [-0.3, -0.25) is 0 Å². The lowest BCUT2D eigenvalue weighted by Gasteiger charge is -2.29. The van der Waals surface area contributed by atoms with E-state index >= 15 is 0 Å². The van der Waals surface area contributed by atoms with Crippen molar-refractivity contribution >= 4 is 13.5 Å². The fourth-order valence-electron chi connectivity index (χ4n) is 6.83. The molecule has 0 aliphatic carbocycles. The minimum absolute atomic E-state index is 0. The first-order valence-corrected chi connectivity index (χ1v) is 20.9. The van der Waals surface area contributed by atoms with Crippen LogP contribution in [0.2, 0.25) is 0 Å². The topological polar surface area (TPSA) is 21.7 Å². The maximum absolute atomic E-state index is 6.68. The van der Waals surface area contributed by atoms with Crippen molar-refractivity contribution in [3.8, 4) is 0 Å². The van der Waals surface area contributed by atoms with Crippen molar-refractivity contribution < 1.29 is 9.47 Å². The molecule has 0 aromatic carbocycles. The Kier molecular flexibility index (Phi) is 35.3. The minimum atomic E-state index is -0.307. The monoisotopic (exact) mass is 680 g/mol. The number of allylic oxidation sites excluding steroid dienone is 4. The molecule has 0 N–H and O–H groups in total. The van der Waals surface area contributed by atoms with Gasteiger partial charge in [-0.2, -0.15) is 13.5 Å². The van der Waals surface area contributed by atoms with Gasteiger partial charge in [0.05, 0.1) is 12.7 Å². The molecule has 0 bridgehead atoms. The molecule has 0 unspecified atom stereocenters. The fourth-order valence-corrected chi connectivity index (χ4v) is 6.83. The van der Waals surface area contributed by atoms with E-state index in [0.29, 0.717) is 0 Å². The summed E-state index contributed by atoms with van der Waals surface area (Å²) in [5.41, 5.74) is 0. The Labute approximate surface area is 303 Å². The first-order chi connectivity index (χ1) is 22.6. The molecule has 3 nitrogen and oxygen atoms in total. The van der Waals surface area contributed by atoms with Crippen LogP contribution in [0.25, 0.3) is 0 Å². The third kappa shape index (κ3) is 30.3. The summed E-state index contributed by atoms with van der Waals surface area (Å²) < 4.78 is 13.2. The largest absolute Gasteiger partial charge is 0.347 e. The van der Waals surface area contributed by atoms with Crippen molar-refractivity contribution in [3.05, 3.63) is 24.3 Å². The molecular weight excluding hydrogens is 595 g/mol. The SMILES string of the molecule is CCCCCCCC/C=C\CCCCCCCCC1(CCCCCCCC/C=C\CCCCCCCC)OC[C@H](CCN(C)C)O1.S. The molecule has 1 saturated heterocycles. The lowest BCUT2D eigenvalue weighted by Crippen LogP contribution is -2.31. The van der Waals surface area contributed by atoms with Gasteiger partial charge in [-0.05, 0) is 84.7 Å². The van der Waals surface area contributed by atoms with Gasteiger partial charge < -0.3 is 14.4 Å². The summed E-state index contributed by atoms with van der Waals surface area (Å²) >= 11 is 0. The molecule has 0 amide bonds. The van der Waals surface area contributed by atoms with Gasteiger partial charge in [-0.25, -0.2) is 0 Å². The van der Waals surface area contributed by atoms with Crippen molar-refractivity contribution in [1.29, 1.82) is 0 Å². The van der Waals surface area contributed by atoms with Crippen LogP contribution in [0.4, 0.5) is 0 Å². The van der Waals surface area contributed by atoms with E-state index in [1.807, 2.05) is 0 Å². The van der Waals surface area contributed by atoms with Crippen LogP contribution >= 0.6 is 13.5 Å².